The summed E-state index contributed by atoms with van der Waals surface area (Å²) in [4.78, 5) is 15.2. The molecule has 4 rings (SSSR count). The number of carbonyl (C=O) groups is 1. The van der Waals surface area contributed by atoms with Crippen molar-refractivity contribution < 1.29 is 19.0 Å². The van der Waals surface area contributed by atoms with Gasteiger partial charge in [0.05, 0.1) is 6.61 Å². The topological polar surface area (TPSA) is 51.3 Å². The average molecular weight is 396 g/mol. The Bertz CT molecular complexity index is 580. The van der Waals surface area contributed by atoms with E-state index in [-0.39, 0.29) is 18.0 Å². The second-order valence-corrected chi connectivity index (χ2v) is 7.30. The zero-order valence-electron chi connectivity index (χ0n) is 13.6. The normalized spacial score (nSPS) is 35.3. The molecule has 1 aromatic rings. The van der Waals surface area contributed by atoms with Gasteiger partial charge in [-0.15, -0.1) is 0 Å². The summed E-state index contributed by atoms with van der Waals surface area (Å²) in [5.74, 6) is -0.572. The molecule has 0 saturated carbocycles. The minimum Gasteiger partial charge on any atom is -0.462 e. The number of halogens is 1. The highest BCUT2D eigenvalue weighted by atomic mass is 79.9. The lowest BCUT2D eigenvalue weighted by Gasteiger charge is -2.38. The quantitative estimate of drug-likeness (QED) is 0.420. The molecule has 2 bridgehead atoms. The molecule has 1 aromatic carbocycles. The van der Waals surface area contributed by atoms with Gasteiger partial charge in [0.1, 0.15) is 29.7 Å². The second kappa shape index (κ2) is 6.75. The van der Waals surface area contributed by atoms with Crippen molar-refractivity contribution in [3.63, 3.8) is 0 Å². The number of fused-ring (bicyclic) bond motifs is 5. The Morgan fingerprint density at radius 2 is 1.96 bits per heavy atom. The first-order chi connectivity index (χ1) is 11.7. The van der Waals surface area contributed by atoms with Crippen molar-refractivity contribution in [2.45, 2.75) is 49.2 Å². The van der Waals surface area contributed by atoms with E-state index in [1.54, 1.807) is 0 Å². The summed E-state index contributed by atoms with van der Waals surface area (Å²) in [7, 11) is 2.15. The van der Waals surface area contributed by atoms with Crippen LogP contribution in [0.4, 0.5) is 0 Å². The molecule has 0 aliphatic carbocycles. The number of nitrogens with zero attached hydrogens (tertiary/aromatic N) is 1. The van der Waals surface area contributed by atoms with Crippen molar-refractivity contribution in [2.24, 2.45) is 0 Å². The molecule has 0 N–H and O–H groups in total. The van der Waals surface area contributed by atoms with E-state index in [1.807, 2.05) is 30.3 Å². The molecule has 3 aliphatic rings. The summed E-state index contributed by atoms with van der Waals surface area (Å²) in [5.41, 5.74) is 1.34. The van der Waals surface area contributed by atoms with Gasteiger partial charge in [-0.05, 0) is 12.6 Å². The van der Waals surface area contributed by atoms with Crippen molar-refractivity contribution in [1.29, 1.82) is 0 Å². The van der Waals surface area contributed by atoms with Crippen LogP contribution in [0.1, 0.15) is 24.3 Å². The molecule has 0 spiro atoms. The molecule has 5 nitrogen and oxygen atoms in total. The molecule has 6 atom stereocenters. The first kappa shape index (κ1) is 16.5. The maximum Gasteiger partial charge on any atom is 0.316 e. The highest BCUT2D eigenvalue weighted by Gasteiger charge is 2.62. The Morgan fingerprint density at radius 1 is 1.29 bits per heavy atom. The standard InChI is InChI=1S/C18H22BrNO4/c1-20-14-7-12(8-15(20)17-16(14)24-17)23-18(21)13(9-22-10-19)11-5-3-2-4-6-11/h2-6,12-17H,7-10H2,1H3/t12-,13-,14-,15+,16-,17+/m1/s1. The molecule has 0 unspecified atom stereocenters. The van der Waals surface area contributed by atoms with Crippen LogP contribution in [0.25, 0.3) is 0 Å². The molecule has 3 fully saturated rings. The predicted molar refractivity (Wildman–Crippen MR) is 92.0 cm³/mol. The van der Waals surface area contributed by atoms with Gasteiger partial charge < -0.3 is 14.2 Å². The molecule has 24 heavy (non-hydrogen) atoms. The number of benzene rings is 1. The van der Waals surface area contributed by atoms with E-state index in [0.29, 0.717) is 36.4 Å². The smallest absolute Gasteiger partial charge is 0.316 e. The van der Waals surface area contributed by atoms with Gasteiger partial charge in [-0.2, -0.15) is 0 Å². The van der Waals surface area contributed by atoms with Crippen molar-refractivity contribution >= 4 is 21.9 Å². The molecular formula is C18H22BrNO4. The summed E-state index contributed by atoms with van der Waals surface area (Å²) < 4.78 is 17.0. The summed E-state index contributed by atoms with van der Waals surface area (Å²) in [6.07, 6.45) is 2.41. The molecule has 0 amide bonds. The molecular weight excluding hydrogens is 374 g/mol. The maximum absolute atomic E-state index is 12.8. The number of esters is 1. The number of hydrogen-bond donors (Lipinski definition) is 0. The molecule has 3 aliphatic heterocycles. The summed E-state index contributed by atoms with van der Waals surface area (Å²) >= 11 is 3.25. The number of rotatable bonds is 6. The van der Waals surface area contributed by atoms with Gasteiger partial charge in [0, 0.05) is 24.9 Å². The van der Waals surface area contributed by atoms with Gasteiger partial charge in [0.25, 0.3) is 0 Å². The molecule has 3 heterocycles. The monoisotopic (exact) mass is 395 g/mol. The van der Waals surface area contributed by atoms with Crippen molar-refractivity contribution in [3.05, 3.63) is 35.9 Å². The van der Waals surface area contributed by atoms with Crippen LogP contribution >= 0.6 is 15.9 Å². The van der Waals surface area contributed by atoms with Crippen LogP contribution in [0.2, 0.25) is 0 Å². The minimum atomic E-state index is -0.383. The van der Waals surface area contributed by atoms with Crippen LogP contribution in [0.3, 0.4) is 0 Å². The highest BCUT2D eigenvalue weighted by Crippen LogP contribution is 2.48. The third-order valence-electron chi connectivity index (χ3n) is 5.51. The number of epoxide rings is 1. The Kier molecular flexibility index (Phi) is 4.64. The summed E-state index contributed by atoms with van der Waals surface area (Å²) in [6, 6.07) is 10.5. The maximum atomic E-state index is 12.8. The SMILES string of the molecule is CN1[C@@H]2C[C@@H](OC(=O)[C@H](COCBr)c3ccccc3)C[C@H]1[C@@H]1O[C@@H]12. The van der Waals surface area contributed by atoms with Crippen molar-refractivity contribution in [3.8, 4) is 0 Å². The predicted octanol–water partition coefficient (Wildman–Crippen LogP) is 2.29. The van der Waals surface area contributed by atoms with E-state index in [0.717, 1.165) is 18.4 Å². The number of alkyl halides is 1. The molecule has 0 aromatic heterocycles. The Morgan fingerprint density at radius 3 is 2.58 bits per heavy atom. The number of piperidine rings is 1. The Hall–Kier alpha value is -0.950. The number of likely N-dealkylation sites (N-methyl/N-ethyl adjacent to an activating group) is 1. The fourth-order valence-electron chi connectivity index (χ4n) is 4.19. The van der Waals surface area contributed by atoms with Crippen molar-refractivity contribution in [1.82, 2.24) is 4.90 Å². The van der Waals surface area contributed by atoms with Crippen LogP contribution in [0, 0.1) is 0 Å². The van der Waals surface area contributed by atoms with Gasteiger partial charge in [0.2, 0.25) is 0 Å². The first-order valence-electron chi connectivity index (χ1n) is 8.45. The number of ether oxygens (including phenoxy) is 3. The zero-order chi connectivity index (χ0) is 16.7. The summed E-state index contributed by atoms with van der Waals surface area (Å²) in [6.45, 7) is 0.321. The molecule has 130 valence electrons. The van der Waals surface area contributed by atoms with Crippen LogP contribution < -0.4 is 0 Å². The van der Waals surface area contributed by atoms with Gasteiger partial charge in [-0.1, -0.05) is 46.3 Å². The van der Waals surface area contributed by atoms with Gasteiger partial charge in [-0.3, -0.25) is 9.69 Å². The fourth-order valence-corrected chi connectivity index (χ4v) is 4.38. The van der Waals surface area contributed by atoms with Crippen LogP contribution in [-0.2, 0) is 19.0 Å². The van der Waals surface area contributed by atoms with Gasteiger partial charge >= 0.3 is 5.97 Å². The van der Waals surface area contributed by atoms with Gasteiger partial charge in [0.15, 0.2) is 0 Å². The average Bonchev–Trinajstić information content (AvgIpc) is 3.34. The van der Waals surface area contributed by atoms with Crippen LogP contribution in [0.15, 0.2) is 30.3 Å². The Balaban J connectivity index is 1.42. The van der Waals surface area contributed by atoms with E-state index in [9.17, 15) is 4.79 Å². The summed E-state index contributed by atoms with van der Waals surface area (Å²) in [5, 5.41) is 0. The zero-order valence-corrected chi connectivity index (χ0v) is 15.2. The van der Waals surface area contributed by atoms with E-state index >= 15 is 0 Å². The Labute approximate surface area is 150 Å². The third-order valence-corrected chi connectivity index (χ3v) is 5.83. The molecule has 6 heteroatoms. The fraction of sp³-hybridized carbons (Fsp3) is 0.611. The van der Waals surface area contributed by atoms with E-state index in [1.165, 1.54) is 0 Å². The van der Waals surface area contributed by atoms with Crippen LogP contribution in [-0.4, -0.2) is 60.4 Å². The van der Waals surface area contributed by atoms with E-state index in [2.05, 4.69) is 27.9 Å². The number of hydrogen-bond acceptors (Lipinski definition) is 5. The lowest BCUT2D eigenvalue weighted by molar-refractivity contribution is -0.157. The lowest BCUT2D eigenvalue weighted by atomic mass is 9.97. The van der Waals surface area contributed by atoms with E-state index in [4.69, 9.17) is 14.2 Å². The molecule has 3 saturated heterocycles. The van der Waals surface area contributed by atoms with Gasteiger partial charge in [-0.25, -0.2) is 0 Å². The third kappa shape index (κ3) is 3.01. The number of carbonyl (C=O) groups excluding carboxylic acids is 1. The van der Waals surface area contributed by atoms with E-state index < -0.39 is 0 Å². The lowest BCUT2D eigenvalue weighted by Crippen LogP contribution is -2.48. The molecule has 0 radical (unpaired) electrons. The second-order valence-electron chi connectivity index (χ2n) is 6.84. The first-order valence-corrected chi connectivity index (χ1v) is 9.57. The van der Waals surface area contributed by atoms with Crippen LogP contribution in [0.5, 0.6) is 0 Å². The largest absolute Gasteiger partial charge is 0.462 e. The minimum absolute atomic E-state index is 0.0183. The highest BCUT2D eigenvalue weighted by molar-refractivity contribution is 9.09. The van der Waals surface area contributed by atoms with Crippen molar-refractivity contribution in [2.75, 3.05) is 19.2 Å². The number of morpholine rings is 1.